The maximum atomic E-state index is 12.4. The second-order valence-corrected chi connectivity index (χ2v) is 9.30. The Labute approximate surface area is 179 Å². The molecule has 4 aromatic rings. The zero-order valence-corrected chi connectivity index (χ0v) is 17.9. The molecule has 0 aliphatic carbocycles. The summed E-state index contributed by atoms with van der Waals surface area (Å²) in [4.78, 5) is 12.4. The monoisotopic (exact) mass is 444 g/mol. The van der Waals surface area contributed by atoms with E-state index in [-0.39, 0.29) is 12.5 Å². The van der Waals surface area contributed by atoms with Crippen molar-refractivity contribution in [2.75, 3.05) is 17.5 Å². The number of benzene rings is 2. The highest BCUT2D eigenvalue weighted by molar-refractivity contribution is 7.92. The van der Waals surface area contributed by atoms with Gasteiger partial charge in [-0.1, -0.05) is 23.7 Å². The molecule has 2 aromatic heterocycles. The third-order valence-corrected chi connectivity index (χ3v) is 5.66. The van der Waals surface area contributed by atoms with Gasteiger partial charge in [0, 0.05) is 41.4 Å². The Morgan fingerprint density at radius 3 is 2.63 bits per heavy atom. The van der Waals surface area contributed by atoms with Crippen LogP contribution in [-0.2, 0) is 27.9 Å². The average molecular weight is 445 g/mol. The molecule has 0 saturated carbocycles. The fourth-order valence-corrected chi connectivity index (χ4v) is 4.27. The molecule has 0 saturated heterocycles. The van der Waals surface area contributed by atoms with Crippen LogP contribution >= 0.6 is 11.6 Å². The predicted octanol–water partition coefficient (Wildman–Crippen LogP) is 3.44. The van der Waals surface area contributed by atoms with Crippen molar-refractivity contribution in [2.24, 2.45) is 0 Å². The molecule has 1 amide bonds. The van der Waals surface area contributed by atoms with Crippen LogP contribution in [-0.4, -0.2) is 36.3 Å². The Balaban J connectivity index is 1.41. The largest absolute Gasteiger partial charge is 0.353 e. The van der Waals surface area contributed by atoms with Crippen LogP contribution in [0.15, 0.2) is 60.9 Å². The topological polar surface area (TPSA) is 85.1 Å². The highest BCUT2D eigenvalue weighted by atomic mass is 35.5. The van der Waals surface area contributed by atoms with Gasteiger partial charge in [-0.2, -0.15) is 0 Å². The van der Waals surface area contributed by atoms with Crippen molar-refractivity contribution >= 4 is 55.0 Å². The molecule has 2 N–H and O–H groups in total. The zero-order valence-electron chi connectivity index (χ0n) is 16.3. The number of nitrogens with zero attached hydrogens (tertiary/aromatic N) is 2. The molecule has 30 heavy (non-hydrogen) atoms. The predicted molar refractivity (Wildman–Crippen MR) is 120 cm³/mol. The molecule has 0 unspecified atom stereocenters. The number of carbonyl (C=O) groups excluding carboxylic acids is 1. The molecule has 0 aliphatic rings. The lowest BCUT2D eigenvalue weighted by atomic mass is 10.2. The standard InChI is InChI=1S/C21H21ClN4O3S/c1-30(28,29)24-18-3-2-4-19-17(18)8-11-26(19)14-21(27)23-9-12-25-10-7-15-5-6-16(22)13-20(15)25/h2-8,10-11,13,24H,9,12,14H2,1H3,(H,23,27). The summed E-state index contributed by atoms with van der Waals surface area (Å²) in [5.74, 6) is -0.122. The summed E-state index contributed by atoms with van der Waals surface area (Å²) in [7, 11) is -3.38. The van der Waals surface area contributed by atoms with E-state index in [0.717, 1.165) is 28.1 Å². The molecular formula is C21H21ClN4O3S. The first-order valence-corrected chi connectivity index (χ1v) is 11.6. The van der Waals surface area contributed by atoms with Crippen molar-refractivity contribution in [3.8, 4) is 0 Å². The first-order chi connectivity index (χ1) is 14.3. The maximum absolute atomic E-state index is 12.4. The Hall–Kier alpha value is -2.97. The number of hydrogen-bond acceptors (Lipinski definition) is 3. The molecule has 2 aromatic carbocycles. The van der Waals surface area contributed by atoms with E-state index in [0.29, 0.717) is 23.8 Å². The van der Waals surface area contributed by atoms with E-state index >= 15 is 0 Å². The fourth-order valence-electron chi connectivity index (χ4n) is 3.53. The number of aromatic nitrogens is 2. The Kier molecular flexibility index (Phi) is 5.44. The minimum atomic E-state index is -3.38. The maximum Gasteiger partial charge on any atom is 0.240 e. The first-order valence-electron chi connectivity index (χ1n) is 9.37. The van der Waals surface area contributed by atoms with E-state index in [2.05, 4.69) is 14.6 Å². The molecule has 9 heteroatoms. The summed E-state index contributed by atoms with van der Waals surface area (Å²) < 4.78 is 29.5. The van der Waals surface area contributed by atoms with Crippen molar-refractivity contribution < 1.29 is 13.2 Å². The van der Waals surface area contributed by atoms with Crippen LogP contribution in [0.5, 0.6) is 0 Å². The van der Waals surface area contributed by atoms with Gasteiger partial charge >= 0.3 is 0 Å². The number of anilines is 1. The lowest BCUT2D eigenvalue weighted by Crippen LogP contribution is -2.30. The molecular weight excluding hydrogens is 424 g/mol. The third kappa shape index (κ3) is 4.44. The molecule has 2 heterocycles. The van der Waals surface area contributed by atoms with Crippen LogP contribution in [0.2, 0.25) is 5.02 Å². The van der Waals surface area contributed by atoms with Crippen LogP contribution in [0.1, 0.15) is 0 Å². The first kappa shape index (κ1) is 20.3. The van der Waals surface area contributed by atoms with Gasteiger partial charge in [-0.3, -0.25) is 9.52 Å². The fraction of sp³-hybridized carbons (Fsp3) is 0.190. The molecule has 0 radical (unpaired) electrons. The van der Waals surface area contributed by atoms with Crippen LogP contribution < -0.4 is 10.0 Å². The Morgan fingerprint density at radius 1 is 1.03 bits per heavy atom. The van der Waals surface area contributed by atoms with Crippen molar-refractivity contribution in [3.63, 3.8) is 0 Å². The highest BCUT2D eigenvalue weighted by Crippen LogP contribution is 2.25. The Morgan fingerprint density at radius 2 is 1.83 bits per heavy atom. The quantitative estimate of drug-likeness (QED) is 0.458. The summed E-state index contributed by atoms with van der Waals surface area (Å²) in [5, 5.41) is 5.45. The summed E-state index contributed by atoms with van der Waals surface area (Å²) in [6.45, 7) is 1.25. The number of amides is 1. The van der Waals surface area contributed by atoms with Crippen LogP contribution in [0.4, 0.5) is 5.69 Å². The average Bonchev–Trinajstić information content (AvgIpc) is 3.26. The molecule has 0 bridgehead atoms. The van der Waals surface area contributed by atoms with Crippen molar-refractivity contribution in [1.82, 2.24) is 14.5 Å². The Bertz CT molecular complexity index is 1340. The summed E-state index contributed by atoms with van der Waals surface area (Å²) in [6, 6.07) is 14.9. The zero-order chi connectivity index (χ0) is 21.3. The highest BCUT2D eigenvalue weighted by Gasteiger charge is 2.11. The molecule has 0 spiro atoms. The van der Waals surface area contributed by atoms with Crippen molar-refractivity contribution in [3.05, 3.63) is 65.9 Å². The third-order valence-electron chi connectivity index (χ3n) is 4.83. The van der Waals surface area contributed by atoms with Gasteiger partial charge in [0.15, 0.2) is 0 Å². The van der Waals surface area contributed by atoms with E-state index in [1.807, 2.05) is 36.5 Å². The van der Waals surface area contributed by atoms with E-state index in [1.165, 1.54) is 0 Å². The van der Waals surface area contributed by atoms with Crippen LogP contribution in [0.25, 0.3) is 21.8 Å². The van der Waals surface area contributed by atoms with E-state index in [4.69, 9.17) is 11.6 Å². The van der Waals surface area contributed by atoms with Gasteiger partial charge in [0.1, 0.15) is 6.54 Å². The number of sulfonamides is 1. The van der Waals surface area contributed by atoms with Gasteiger partial charge in [-0.05, 0) is 41.8 Å². The number of hydrogen-bond donors (Lipinski definition) is 2. The van der Waals surface area contributed by atoms with E-state index in [1.54, 1.807) is 29.0 Å². The van der Waals surface area contributed by atoms with Gasteiger partial charge in [-0.25, -0.2) is 8.42 Å². The van der Waals surface area contributed by atoms with Crippen molar-refractivity contribution in [2.45, 2.75) is 13.1 Å². The SMILES string of the molecule is CS(=O)(=O)Nc1cccc2c1ccn2CC(=O)NCCn1ccc2ccc(Cl)cc21. The molecule has 156 valence electrons. The van der Waals surface area contributed by atoms with Gasteiger partial charge in [0.2, 0.25) is 15.9 Å². The van der Waals surface area contributed by atoms with Gasteiger partial charge < -0.3 is 14.5 Å². The number of carbonyl (C=O) groups is 1. The number of rotatable bonds is 7. The lowest BCUT2D eigenvalue weighted by Gasteiger charge is -2.10. The van der Waals surface area contributed by atoms with Gasteiger partial charge in [0.05, 0.1) is 17.5 Å². The number of fused-ring (bicyclic) bond motifs is 2. The van der Waals surface area contributed by atoms with Crippen LogP contribution in [0.3, 0.4) is 0 Å². The van der Waals surface area contributed by atoms with Gasteiger partial charge in [0.25, 0.3) is 0 Å². The number of nitrogens with one attached hydrogen (secondary N) is 2. The van der Waals surface area contributed by atoms with Crippen LogP contribution in [0, 0.1) is 0 Å². The lowest BCUT2D eigenvalue weighted by molar-refractivity contribution is -0.121. The number of halogens is 1. The molecule has 0 fully saturated rings. The van der Waals surface area contributed by atoms with E-state index < -0.39 is 10.0 Å². The molecule has 0 aliphatic heterocycles. The smallest absolute Gasteiger partial charge is 0.240 e. The second-order valence-electron chi connectivity index (χ2n) is 7.12. The van der Waals surface area contributed by atoms with E-state index in [9.17, 15) is 13.2 Å². The van der Waals surface area contributed by atoms with Crippen molar-refractivity contribution in [1.29, 1.82) is 0 Å². The second kappa shape index (κ2) is 8.04. The molecule has 7 nitrogen and oxygen atoms in total. The minimum Gasteiger partial charge on any atom is -0.353 e. The molecule has 4 rings (SSSR count). The summed E-state index contributed by atoms with van der Waals surface area (Å²) in [5.41, 5.74) is 2.30. The van der Waals surface area contributed by atoms with Gasteiger partial charge in [-0.15, -0.1) is 0 Å². The normalized spacial score (nSPS) is 11.8. The molecule has 0 atom stereocenters. The summed E-state index contributed by atoms with van der Waals surface area (Å²) in [6.07, 6.45) is 4.86. The summed E-state index contributed by atoms with van der Waals surface area (Å²) >= 11 is 6.08. The minimum absolute atomic E-state index is 0.122.